The number of rotatable bonds is 3. The molecule has 8 nitrogen and oxygen atoms in total. The highest BCUT2D eigenvalue weighted by atomic mass is 19.1. The van der Waals surface area contributed by atoms with E-state index in [9.17, 15) is 9.18 Å². The van der Waals surface area contributed by atoms with E-state index < -0.39 is 0 Å². The molecule has 0 aliphatic carbocycles. The van der Waals surface area contributed by atoms with Crippen LogP contribution in [0, 0.1) is 12.7 Å². The third-order valence-electron chi connectivity index (χ3n) is 5.83. The molecule has 9 heteroatoms. The van der Waals surface area contributed by atoms with E-state index in [0.29, 0.717) is 23.0 Å². The lowest BCUT2D eigenvalue weighted by atomic mass is 10.1. The summed E-state index contributed by atoms with van der Waals surface area (Å²) in [7, 11) is 1.75. The van der Waals surface area contributed by atoms with Crippen LogP contribution in [-0.2, 0) is 4.79 Å². The number of carbonyl (C=O) groups is 1. The summed E-state index contributed by atoms with van der Waals surface area (Å²) in [6.07, 6.45) is 6.75. The van der Waals surface area contributed by atoms with Gasteiger partial charge in [-0.05, 0) is 44.9 Å². The van der Waals surface area contributed by atoms with Gasteiger partial charge in [-0.25, -0.2) is 14.4 Å². The van der Waals surface area contributed by atoms with Crippen molar-refractivity contribution in [3.05, 3.63) is 48.4 Å². The molecule has 4 heterocycles. The molecule has 2 aromatic heterocycles. The van der Waals surface area contributed by atoms with E-state index in [0.717, 1.165) is 24.4 Å². The van der Waals surface area contributed by atoms with Gasteiger partial charge in [-0.15, -0.1) is 0 Å². The van der Waals surface area contributed by atoms with E-state index in [-0.39, 0.29) is 23.8 Å². The van der Waals surface area contributed by atoms with Crippen molar-refractivity contribution in [2.75, 3.05) is 22.2 Å². The van der Waals surface area contributed by atoms with Gasteiger partial charge in [0.2, 0.25) is 11.9 Å². The zero-order valence-corrected chi connectivity index (χ0v) is 17.0. The van der Waals surface area contributed by atoms with Crippen LogP contribution in [0.15, 0.2) is 36.9 Å². The molecule has 0 radical (unpaired) electrons. The van der Waals surface area contributed by atoms with Crippen molar-refractivity contribution in [1.29, 1.82) is 0 Å². The quantitative estimate of drug-likeness (QED) is 0.718. The first-order valence-electron chi connectivity index (χ1n) is 9.93. The molecule has 2 unspecified atom stereocenters. The Balaban J connectivity index is 1.45. The Morgan fingerprint density at radius 2 is 2.03 bits per heavy atom. The molecule has 1 N–H and O–H groups in total. The molecule has 0 saturated carbocycles. The van der Waals surface area contributed by atoms with Gasteiger partial charge in [-0.3, -0.25) is 4.79 Å². The van der Waals surface area contributed by atoms with Gasteiger partial charge >= 0.3 is 0 Å². The molecule has 5 rings (SSSR count). The number of aromatic nitrogens is 4. The second-order valence-electron chi connectivity index (χ2n) is 7.86. The van der Waals surface area contributed by atoms with Crippen LogP contribution in [-0.4, -0.2) is 44.6 Å². The van der Waals surface area contributed by atoms with Crippen LogP contribution in [0.5, 0.6) is 0 Å². The van der Waals surface area contributed by atoms with Crippen LogP contribution in [0.1, 0.15) is 25.5 Å². The topological polar surface area (TPSA) is 79.2 Å². The highest BCUT2D eigenvalue weighted by Crippen LogP contribution is 2.40. The Bertz CT molecular complexity index is 1140. The lowest BCUT2D eigenvalue weighted by Gasteiger charge is -2.38. The molecule has 1 saturated heterocycles. The first kappa shape index (κ1) is 18.5. The SMILES string of the molecule is Cc1cn(-c2ccc(Nc3ncc4c(n3)N3C(C)CCC3C(=O)N4C)cc2F)cn1. The van der Waals surface area contributed by atoms with Gasteiger partial charge < -0.3 is 19.7 Å². The number of likely N-dealkylation sites (N-methyl/N-ethyl adjacent to an activating group) is 1. The van der Waals surface area contributed by atoms with Crippen LogP contribution in [0.3, 0.4) is 0 Å². The maximum absolute atomic E-state index is 14.7. The van der Waals surface area contributed by atoms with Crippen LogP contribution in [0.2, 0.25) is 0 Å². The van der Waals surface area contributed by atoms with Gasteiger partial charge in [0.05, 0.1) is 23.9 Å². The molecular formula is C21H22FN7O. The molecule has 1 fully saturated rings. The summed E-state index contributed by atoms with van der Waals surface area (Å²) in [4.78, 5) is 29.5. The van der Waals surface area contributed by atoms with Crippen LogP contribution < -0.4 is 15.1 Å². The second-order valence-corrected chi connectivity index (χ2v) is 7.86. The smallest absolute Gasteiger partial charge is 0.249 e. The lowest BCUT2D eigenvalue weighted by Crippen LogP contribution is -2.51. The zero-order chi connectivity index (χ0) is 21.0. The summed E-state index contributed by atoms with van der Waals surface area (Å²) >= 11 is 0. The molecule has 1 amide bonds. The minimum absolute atomic E-state index is 0.0727. The molecule has 3 aromatic rings. The lowest BCUT2D eigenvalue weighted by molar-refractivity contribution is -0.119. The number of hydrogen-bond acceptors (Lipinski definition) is 6. The van der Waals surface area contributed by atoms with Gasteiger partial charge in [-0.2, -0.15) is 4.98 Å². The molecule has 2 aliphatic rings. The third kappa shape index (κ3) is 2.89. The van der Waals surface area contributed by atoms with Crippen LogP contribution in [0.25, 0.3) is 5.69 Å². The number of anilines is 4. The number of nitrogens with zero attached hydrogens (tertiary/aromatic N) is 6. The minimum atomic E-state index is -0.381. The summed E-state index contributed by atoms with van der Waals surface area (Å²) in [6.45, 7) is 3.96. The van der Waals surface area contributed by atoms with Crippen LogP contribution in [0.4, 0.5) is 27.5 Å². The number of carbonyl (C=O) groups excluding carboxylic acids is 1. The van der Waals surface area contributed by atoms with Gasteiger partial charge in [0.15, 0.2) is 5.82 Å². The fraction of sp³-hybridized carbons (Fsp3) is 0.333. The van der Waals surface area contributed by atoms with Gasteiger partial charge in [0.25, 0.3) is 0 Å². The number of fused-ring (bicyclic) bond motifs is 3. The molecule has 0 spiro atoms. The van der Waals surface area contributed by atoms with Gasteiger partial charge in [-0.1, -0.05) is 0 Å². The Morgan fingerprint density at radius 3 is 2.77 bits per heavy atom. The molecule has 2 atom stereocenters. The van der Waals surface area contributed by atoms with E-state index >= 15 is 0 Å². The highest BCUT2D eigenvalue weighted by molar-refractivity contribution is 6.04. The Kier molecular flexibility index (Phi) is 4.19. The molecular weight excluding hydrogens is 385 g/mol. The normalized spacial score (nSPS) is 20.3. The molecule has 1 aromatic carbocycles. The summed E-state index contributed by atoms with van der Waals surface area (Å²) in [5.74, 6) is 0.785. The maximum Gasteiger partial charge on any atom is 0.249 e. The average molecular weight is 407 g/mol. The van der Waals surface area contributed by atoms with Crippen molar-refractivity contribution in [3.63, 3.8) is 0 Å². The first-order valence-corrected chi connectivity index (χ1v) is 9.93. The predicted octanol–water partition coefficient (Wildman–Crippen LogP) is 3.19. The zero-order valence-electron chi connectivity index (χ0n) is 17.0. The summed E-state index contributed by atoms with van der Waals surface area (Å²) in [5, 5.41) is 3.08. The molecule has 0 bridgehead atoms. The fourth-order valence-corrected chi connectivity index (χ4v) is 4.25. The van der Waals surface area contributed by atoms with E-state index in [4.69, 9.17) is 0 Å². The Labute approximate surface area is 173 Å². The van der Waals surface area contributed by atoms with Gasteiger partial charge in [0, 0.05) is 25.0 Å². The van der Waals surface area contributed by atoms with Crippen molar-refractivity contribution in [2.24, 2.45) is 0 Å². The number of imidazole rings is 1. The number of aryl methyl sites for hydroxylation is 1. The van der Waals surface area contributed by atoms with E-state index in [2.05, 4.69) is 32.1 Å². The molecule has 154 valence electrons. The number of benzene rings is 1. The number of halogens is 1. The molecule has 30 heavy (non-hydrogen) atoms. The van der Waals surface area contributed by atoms with Crippen LogP contribution >= 0.6 is 0 Å². The van der Waals surface area contributed by atoms with Crippen molar-refractivity contribution in [1.82, 2.24) is 19.5 Å². The minimum Gasteiger partial charge on any atom is -0.340 e. The van der Waals surface area contributed by atoms with Crippen molar-refractivity contribution < 1.29 is 9.18 Å². The van der Waals surface area contributed by atoms with Crippen molar-refractivity contribution in [3.8, 4) is 5.69 Å². The van der Waals surface area contributed by atoms with E-state index in [1.165, 1.54) is 6.07 Å². The second kappa shape index (κ2) is 6.79. The molecule has 2 aliphatic heterocycles. The predicted molar refractivity (Wildman–Crippen MR) is 112 cm³/mol. The highest BCUT2D eigenvalue weighted by Gasteiger charge is 2.44. The summed E-state index contributed by atoms with van der Waals surface area (Å²) in [5.41, 5.74) is 2.46. The third-order valence-corrected chi connectivity index (χ3v) is 5.83. The monoisotopic (exact) mass is 407 g/mol. The maximum atomic E-state index is 14.7. The Hall–Kier alpha value is -3.49. The largest absolute Gasteiger partial charge is 0.340 e. The average Bonchev–Trinajstić information content (AvgIpc) is 3.32. The fourth-order valence-electron chi connectivity index (χ4n) is 4.25. The van der Waals surface area contributed by atoms with E-state index in [1.54, 1.807) is 47.4 Å². The first-order chi connectivity index (χ1) is 14.4. The van der Waals surface area contributed by atoms with Crippen molar-refractivity contribution in [2.45, 2.75) is 38.8 Å². The van der Waals surface area contributed by atoms with Crippen molar-refractivity contribution >= 4 is 29.0 Å². The summed E-state index contributed by atoms with van der Waals surface area (Å²) < 4.78 is 16.3. The van der Waals surface area contributed by atoms with Gasteiger partial charge in [0.1, 0.15) is 17.5 Å². The van der Waals surface area contributed by atoms with E-state index in [1.807, 2.05) is 6.92 Å². The summed E-state index contributed by atoms with van der Waals surface area (Å²) in [6, 6.07) is 4.90. The Morgan fingerprint density at radius 1 is 1.20 bits per heavy atom. The number of hydrogen-bond donors (Lipinski definition) is 1. The number of amides is 1. The standard InChI is InChI=1S/C21H22FN7O/c1-12-10-28(11-24-12)16-7-5-14(8-15(16)22)25-21-23-9-18-19(26-21)29-13(2)4-6-17(29)20(30)27(18)3/h5,7-11,13,17H,4,6H2,1-3H3,(H,23,25,26). The number of nitrogens with one attached hydrogen (secondary N) is 1.